The number of rotatable bonds is 3. The Morgan fingerprint density at radius 3 is 2.56 bits per heavy atom. The van der Waals surface area contributed by atoms with Gasteiger partial charge in [-0.2, -0.15) is 0 Å². The van der Waals surface area contributed by atoms with Crippen molar-refractivity contribution in [1.29, 1.82) is 0 Å². The summed E-state index contributed by atoms with van der Waals surface area (Å²) in [6, 6.07) is 5.14. The van der Waals surface area contributed by atoms with E-state index in [9.17, 15) is 4.79 Å². The molecule has 1 aliphatic rings. The first-order valence-corrected chi connectivity index (χ1v) is 6.48. The average molecular weight is 247 g/mol. The van der Waals surface area contributed by atoms with Crippen LogP contribution in [-0.2, 0) is 0 Å². The molecule has 98 valence electrons. The number of hydrogen-bond acceptors (Lipinski definition) is 3. The topological polar surface area (TPSA) is 81.1 Å². The van der Waals surface area contributed by atoms with Crippen molar-refractivity contribution in [2.75, 3.05) is 11.1 Å². The highest BCUT2D eigenvalue weighted by atomic mass is 16.1. The van der Waals surface area contributed by atoms with E-state index in [4.69, 9.17) is 11.5 Å². The van der Waals surface area contributed by atoms with Crippen LogP contribution in [-0.4, -0.2) is 11.4 Å². The van der Waals surface area contributed by atoms with Gasteiger partial charge in [-0.15, -0.1) is 0 Å². The van der Waals surface area contributed by atoms with Crippen LogP contribution in [0.2, 0.25) is 0 Å². The summed E-state index contributed by atoms with van der Waals surface area (Å²) in [5.74, 6) is -0.424. The molecule has 4 heteroatoms. The normalized spacial score (nSPS) is 18.3. The van der Waals surface area contributed by atoms with Crippen LogP contribution in [0.3, 0.4) is 0 Å². The fourth-order valence-electron chi connectivity index (χ4n) is 2.60. The zero-order valence-corrected chi connectivity index (χ0v) is 10.8. The van der Waals surface area contributed by atoms with Crippen LogP contribution in [0.15, 0.2) is 18.2 Å². The third-order valence-electron chi connectivity index (χ3n) is 3.73. The SMILES string of the molecule is CC1(Nc2cc(C(N)=O)ccc2N)CCCCC1. The van der Waals surface area contributed by atoms with Crippen LogP contribution in [0.25, 0.3) is 0 Å². The zero-order chi connectivity index (χ0) is 13.2. The van der Waals surface area contributed by atoms with Gasteiger partial charge in [0.2, 0.25) is 5.91 Å². The summed E-state index contributed by atoms with van der Waals surface area (Å²) in [5.41, 5.74) is 13.3. The van der Waals surface area contributed by atoms with Crippen molar-refractivity contribution in [1.82, 2.24) is 0 Å². The summed E-state index contributed by atoms with van der Waals surface area (Å²) in [7, 11) is 0. The molecule has 0 aromatic heterocycles. The van der Waals surface area contributed by atoms with Crippen molar-refractivity contribution < 1.29 is 4.79 Å². The van der Waals surface area contributed by atoms with E-state index >= 15 is 0 Å². The lowest BCUT2D eigenvalue weighted by molar-refractivity contribution is 0.100. The average Bonchev–Trinajstić information content (AvgIpc) is 2.32. The van der Waals surface area contributed by atoms with Gasteiger partial charge in [0, 0.05) is 11.1 Å². The van der Waals surface area contributed by atoms with E-state index < -0.39 is 5.91 Å². The summed E-state index contributed by atoms with van der Waals surface area (Å²) in [6.45, 7) is 2.21. The third kappa shape index (κ3) is 2.75. The number of nitrogens with two attached hydrogens (primary N) is 2. The van der Waals surface area contributed by atoms with E-state index in [0.29, 0.717) is 11.3 Å². The lowest BCUT2D eigenvalue weighted by Gasteiger charge is -2.36. The van der Waals surface area contributed by atoms with Crippen LogP contribution in [0, 0.1) is 0 Å². The molecule has 4 nitrogen and oxygen atoms in total. The van der Waals surface area contributed by atoms with E-state index in [1.807, 2.05) is 0 Å². The van der Waals surface area contributed by atoms with Crippen LogP contribution >= 0.6 is 0 Å². The molecular weight excluding hydrogens is 226 g/mol. The Labute approximate surface area is 108 Å². The Morgan fingerprint density at radius 1 is 1.28 bits per heavy atom. The first-order valence-electron chi connectivity index (χ1n) is 6.48. The minimum absolute atomic E-state index is 0.0721. The summed E-state index contributed by atoms with van der Waals surface area (Å²) in [5, 5.41) is 3.49. The molecule has 1 aromatic rings. The number of carbonyl (C=O) groups is 1. The van der Waals surface area contributed by atoms with Crippen LogP contribution in [0.4, 0.5) is 11.4 Å². The number of benzene rings is 1. The quantitative estimate of drug-likeness (QED) is 0.718. The van der Waals surface area contributed by atoms with Crippen LogP contribution in [0.5, 0.6) is 0 Å². The molecule has 0 atom stereocenters. The monoisotopic (exact) mass is 247 g/mol. The van der Waals surface area contributed by atoms with Crippen molar-refractivity contribution >= 4 is 17.3 Å². The van der Waals surface area contributed by atoms with Gasteiger partial charge in [-0.1, -0.05) is 19.3 Å². The maximum absolute atomic E-state index is 11.2. The molecule has 1 aliphatic carbocycles. The smallest absolute Gasteiger partial charge is 0.248 e. The summed E-state index contributed by atoms with van der Waals surface area (Å²) in [4.78, 5) is 11.2. The molecule has 1 fully saturated rings. The molecule has 1 saturated carbocycles. The van der Waals surface area contributed by atoms with Gasteiger partial charge in [0.25, 0.3) is 0 Å². The van der Waals surface area contributed by atoms with Gasteiger partial charge >= 0.3 is 0 Å². The molecular formula is C14H21N3O. The van der Waals surface area contributed by atoms with E-state index in [2.05, 4.69) is 12.2 Å². The minimum atomic E-state index is -0.424. The molecule has 0 unspecified atom stereocenters. The molecule has 1 aromatic carbocycles. The van der Waals surface area contributed by atoms with E-state index in [-0.39, 0.29) is 5.54 Å². The summed E-state index contributed by atoms with van der Waals surface area (Å²) >= 11 is 0. The number of primary amides is 1. The lowest BCUT2D eigenvalue weighted by atomic mass is 9.83. The largest absolute Gasteiger partial charge is 0.397 e. The van der Waals surface area contributed by atoms with E-state index in [1.165, 1.54) is 19.3 Å². The molecule has 18 heavy (non-hydrogen) atoms. The third-order valence-corrected chi connectivity index (χ3v) is 3.73. The molecule has 0 spiro atoms. The second-order valence-corrected chi connectivity index (χ2v) is 5.41. The van der Waals surface area contributed by atoms with Gasteiger partial charge in [-0.05, 0) is 38.0 Å². The van der Waals surface area contributed by atoms with Crippen molar-refractivity contribution in [3.63, 3.8) is 0 Å². The standard InChI is InChI=1S/C14H21N3O/c1-14(7-3-2-4-8-14)17-12-9-10(13(16)18)5-6-11(12)15/h5-6,9,17H,2-4,7-8,15H2,1H3,(H2,16,18). The Morgan fingerprint density at radius 2 is 1.94 bits per heavy atom. The fraction of sp³-hybridized carbons (Fsp3) is 0.500. The first kappa shape index (κ1) is 12.7. The second kappa shape index (κ2) is 4.88. The van der Waals surface area contributed by atoms with Gasteiger partial charge in [0.15, 0.2) is 0 Å². The fourth-order valence-corrected chi connectivity index (χ4v) is 2.60. The van der Waals surface area contributed by atoms with E-state index in [0.717, 1.165) is 18.5 Å². The molecule has 1 amide bonds. The molecule has 0 aliphatic heterocycles. The zero-order valence-electron chi connectivity index (χ0n) is 10.8. The number of anilines is 2. The highest BCUT2D eigenvalue weighted by molar-refractivity contribution is 5.95. The predicted octanol–water partition coefficient (Wildman–Crippen LogP) is 2.50. The summed E-state index contributed by atoms with van der Waals surface area (Å²) in [6.07, 6.45) is 6.03. The van der Waals surface area contributed by atoms with Gasteiger partial charge in [0.1, 0.15) is 0 Å². The molecule has 0 radical (unpaired) electrons. The van der Waals surface area contributed by atoms with Crippen molar-refractivity contribution in [2.45, 2.75) is 44.6 Å². The Balaban J connectivity index is 2.22. The number of carbonyl (C=O) groups excluding carboxylic acids is 1. The number of nitrogen functional groups attached to an aromatic ring is 1. The number of hydrogen-bond donors (Lipinski definition) is 3. The van der Waals surface area contributed by atoms with Gasteiger partial charge in [-0.3, -0.25) is 4.79 Å². The highest BCUT2D eigenvalue weighted by Crippen LogP contribution is 2.33. The maximum Gasteiger partial charge on any atom is 0.248 e. The molecule has 0 bridgehead atoms. The summed E-state index contributed by atoms with van der Waals surface area (Å²) < 4.78 is 0. The highest BCUT2D eigenvalue weighted by Gasteiger charge is 2.27. The molecule has 0 saturated heterocycles. The van der Waals surface area contributed by atoms with Gasteiger partial charge in [-0.25, -0.2) is 0 Å². The van der Waals surface area contributed by atoms with Crippen LogP contribution < -0.4 is 16.8 Å². The molecule has 0 heterocycles. The molecule has 2 rings (SSSR count). The number of nitrogens with one attached hydrogen (secondary N) is 1. The number of amides is 1. The minimum Gasteiger partial charge on any atom is -0.397 e. The predicted molar refractivity (Wildman–Crippen MR) is 74.5 cm³/mol. The van der Waals surface area contributed by atoms with Gasteiger partial charge < -0.3 is 16.8 Å². The van der Waals surface area contributed by atoms with Crippen molar-refractivity contribution in [2.24, 2.45) is 5.73 Å². The Hall–Kier alpha value is -1.71. The lowest BCUT2D eigenvalue weighted by Crippen LogP contribution is -2.37. The van der Waals surface area contributed by atoms with E-state index in [1.54, 1.807) is 18.2 Å². The second-order valence-electron chi connectivity index (χ2n) is 5.41. The molecule has 5 N–H and O–H groups in total. The van der Waals surface area contributed by atoms with Crippen molar-refractivity contribution in [3.8, 4) is 0 Å². The first-order chi connectivity index (χ1) is 8.50. The van der Waals surface area contributed by atoms with Crippen molar-refractivity contribution in [3.05, 3.63) is 23.8 Å². The van der Waals surface area contributed by atoms with Gasteiger partial charge in [0.05, 0.1) is 11.4 Å². The van der Waals surface area contributed by atoms with Crippen LogP contribution in [0.1, 0.15) is 49.4 Å². The Bertz CT molecular complexity index is 450. The maximum atomic E-state index is 11.2. The Kier molecular flexibility index (Phi) is 3.45.